The van der Waals surface area contributed by atoms with Crippen molar-refractivity contribution in [2.75, 3.05) is 5.32 Å². The smallest absolute Gasteiger partial charge is 0.313 e. The summed E-state index contributed by atoms with van der Waals surface area (Å²) in [6.07, 6.45) is 1.04. The lowest BCUT2D eigenvalue weighted by Crippen LogP contribution is -2.38. The molecule has 1 saturated carbocycles. The third-order valence-electron chi connectivity index (χ3n) is 4.43. The molecule has 0 saturated heterocycles. The van der Waals surface area contributed by atoms with Gasteiger partial charge in [0.05, 0.1) is 16.1 Å². The van der Waals surface area contributed by atoms with E-state index in [4.69, 9.17) is 23.2 Å². The quantitative estimate of drug-likeness (QED) is 0.774. The Morgan fingerprint density at radius 2 is 1.72 bits per heavy atom. The molecule has 3 atom stereocenters. The van der Waals surface area contributed by atoms with Crippen molar-refractivity contribution in [1.82, 2.24) is 5.32 Å². The molecule has 2 N–H and O–H groups in total. The van der Waals surface area contributed by atoms with Crippen LogP contribution in [-0.4, -0.2) is 11.8 Å². The van der Waals surface area contributed by atoms with E-state index in [2.05, 4.69) is 17.6 Å². The van der Waals surface area contributed by atoms with E-state index in [0.29, 0.717) is 27.6 Å². The molecule has 0 aromatic heterocycles. The zero-order valence-corrected chi connectivity index (χ0v) is 15.1. The van der Waals surface area contributed by atoms with E-state index in [1.54, 1.807) is 12.1 Å². The van der Waals surface area contributed by atoms with Crippen LogP contribution in [0.15, 0.2) is 48.5 Å². The molecule has 1 fully saturated rings. The minimum Gasteiger partial charge on any atom is -0.341 e. The van der Waals surface area contributed by atoms with Crippen molar-refractivity contribution in [2.45, 2.75) is 19.4 Å². The number of carbonyl (C=O) groups excluding carboxylic acids is 2. The molecular weight excluding hydrogens is 359 g/mol. The summed E-state index contributed by atoms with van der Waals surface area (Å²) in [5.41, 5.74) is 1.43. The van der Waals surface area contributed by atoms with Crippen LogP contribution in [-0.2, 0) is 9.59 Å². The Kier molecular flexibility index (Phi) is 5.30. The highest BCUT2D eigenvalue weighted by Gasteiger charge is 2.41. The number of nitrogens with one attached hydrogen (secondary N) is 2. The van der Waals surface area contributed by atoms with Crippen LogP contribution >= 0.6 is 23.2 Å². The van der Waals surface area contributed by atoms with Crippen LogP contribution in [0.3, 0.4) is 0 Å². The molecule has 6 heteroatoms. The zero-order valence-electron chi connectivity index (χ0n) is 13.6. The van der Waals surface area contributed by atoms with E-state index in [-0.39, 0.29) is 6.04 Å². The van der Waals surface area contributed by atoms with Crippen molar-refractivity contribution in [2.24, 2.45) is 11.8 Å². The van der Waals surface area contributed by atoms with Crippen molar-refractivity contribution < 1.29 is 9.59 Å². The van der Waals surface area contributed by atoms with Gasteiger partial charge in [-0.05, 0) is 42.0 Å². The normalized spacial score (nSPS) is 19.8. The van der Waals surface area contributed by atoms with E-state index < -0.39 is 11.8 Å². The van der Waals surface area contributed by atoms with Gasteiger partial charge in [-0.1, -0.05) is 60.5 Å². The number of benzene rings is 2. The van der Waals surface area contributed by atoms with Gasteiger partial charge in [-0.3, -0.25) is 9.59 Å². The largest absolute Gasteiger partial charge is 0.341 e. The van der Waals surface area contributed by atoms with E-state index in [9.17, 15) is 9.59 Å². The van der Waals surface area contributed by atoms with Gasteiger partial charge in [-0.25, -0.2) is 0 Å². The summed E-state index contributed by atoms with van der Waals surface area (Å²) in [6, 6.07) is 14.2. The first-order chi connectivity index (χ1) is 12.0. The van der Waals surface area contributed by atoms with Crippen LogP contribution in [0.4, 0.5) is 5.69 Å². The average molecular weight is 377 g/mol. The second-order valence-corrected chi connectivity index (χ2v) is 7.14. The number of anilines is 1. The van der Waals surface area contributed by atoms with Crippen LogP contribution in [0.5, 0.6) is 0 Å². The van der Waals surface area contributed by atoms with Crippen molar-refractivity contribution in [1.29, 1.82) is 0 Å². The summed E-state index contributed by atoms with van der Waals surface area (Å²) in [7, 11) is 0. The minimum atomic E-state index is -0.729. The van der Waals surface area contributed by atoms with Crippen molar-refractivity contribution in [3.63, 3.8) is 0 Å². The van der Waals surface area contributed by atoms with E-state index in [1.807, 2.05) is 30.3 Å². The fourth-order valence-corrected chi connectivity index (χ4v) is 3.18. The third-order valence-corrected chi connectivity index (χ3v) is 5.17. The SMILES string of the molecule is CC1CC1C(NC(=O)C(=O)Nc1ccc(Cl)c(Cl)c1)c1ccccc1. The van der Waals surface area contributed by atoms with Crippen LogP contribution in [0, 0.1) is 11.8 Å². The molecule has 0 radical (unpaired) electrons. The standard InChI is InChI=1S/C19H18Cl2N2O2/c1-11-9-14(11)17(12-5-3-2-4-6-12)23-19(25)18(24)22-13-7-8-15(20)16(21)10-13/h2-8,10-11,14,17H,9H2,1H3,(H,22,24)(H,23,25). The molecule has 1 aliphatic rings. The van der Waals surface area contributed by atoms with Crippen LogP contribution in [0.25, 0.3) is 0 Å². The maximum absolute atomic E-state index is 12.3. The van der Waals surface area contributed by atoms with Crippen molar-refractivity contribution in [3.05, 3.63) is 64.1 Å². The van der Waals surface area contributed by atoms with Gasteiger partial charge >= 0.3 is 11.8 Å². The number of hydrogen-bond acceptors (Lipinski definition) is 2. The molecule has 0 bridgehead atoms. The van der Waals surface area contributed by atoms with Gasteiger partial charge in [0.15, 0.2) is 0 Å². The highest BCUT2D eigenvalue weighted by molar-refractivity contribution is 6.43. The Morgan fingerprint density at radius 3 is 2.32 bits per heavy atom. The monoisotopic (exact) mass is 376 g/mol. The van der Waals surface area contributed by atoms with Gasteiger partial charge in [0.2, 0.25) is 0 Å². The average Bonchev–Trinajstić information content (AvgIpc) is 3.33. The molecule has 2 amide bonds. The third kappa shape index (κ3) is 4.33. The Bertz CT molecular complexity index is 795. The van der Waals surface area contributed by atoms with Crippen molar-refractivity contribution in [3.8, 4) is 0 Å². The zero-order chi connectivity index (χ0) is 18.0. The van der Waals surface area contributed by atoms with Gasteiger partial charge in [-0.15, -0.1) is 0 Å². The minimum absolute atomic E-state index is 0.164. The molecule has 130 valence electrons. The summed E-state index contributed by atoms with van der Waals surface area (Å²) < 4.78 is 0. The Hall–Kier alpha value is -2.04. The lowest BCUT2D eigenvalue weighted by Gasteiger charge is -2.19. The van der Waals surface area contributed by atoms with Gasteiger partial charge in [0.25, 0.3) is 0 Å². The molecule has 2 aromatic rings. The number of hydrogen-bond donors (Lipinski definition) is 2. The lowest BCUT2D eigenvalue weighted by molar-refractivity contribution is -0.136. The number of carbonyl (C=O) groups is 2. The summed E-state index contributed by atoms with van der Waals surface area (Å²) in [4.78, 5) is 24.5. The summed E-state index contributed by atoms with van der Waals surface area (Å²) in [5.74, 6) is -0.514. The second-order valence-electron chi connectivity index (χ2n) is 6.32. The molecule has 3 rings (SSSR count). The Labute approximate surface area is 156 Å². The maximum atomic E-state index is 12.3. The molecule has 3 unspecified atom stereocenters. The Morgan fingerprint density at radius 1 is 1.04 bits per heavy atom. The fraction of sp³-hybridized carbons (Fsp3) is 0.263. The lowest BCUT2D eigenvalue weighted by atomic mass is 10.0. The molecule has 0 aliphatic heterocycles. The van der Waals surface area contributed by atoms with Crippen LogP contribution in [0.1, 0.15) is 24.9 Å². The molecule has 1 aliphatic carbocycles. The van der Waals surface area contributed by atoms with Crippen molar-refractivity contribution >= 4 is 40.7 Å². The summed E-state index contributed by atoms with van der Waals surface area (Å²) >= 11 is 11.8. The molecule has 0 heterocycles. The highest BCUT2D eigenvalue weighted by atomic mass is 35.5. The second kappa shape index (κ2) is 7.46. The molecular formula is C19H18Cl2N2O2. The number of halogens is 2. The van der Waals surface area contributed by atoms with E-state index in [0.717, 1.165) is 12.0 Å². The number of amides is 2. The first-order valence-electron chi connectivity index (χ1n) is 8.07. The van der Waals surface area contributed by atoms with Gasteiger partial charge < -0.3 is 10.6 Å². The topological polar surface area (TPSA) is 58.2 Å². The fourth-order valence-electron chi connectivity index (χ4n) is 2.88. The van der Waals surface area contributed by atoms with Crippen LogP contribution < -0.4 is 10.6 Å². The predicted molar refractivity (Wildman–Crippen MR) is 99.7 cm³/mol. The molecule has 25 heavy (non-hydrogen) atoms. The first kappa shape index (κ1) is 17.8. The summed E-state index contributed by atoms with van der Waals surface area (Å²) in [6.45, 7) is 2.14. The van der Waals surface area contributed by atoms with Crippen LogP contribution in [0.2, 0.25) is 10.0 Å². The molecule has 4 nitrogen and oxygen atoms in total. The molecule has 0 spiro atoms. The van der Waals surface area contributed by atoms with E-state index >= 15 is 0 Å². The Balaban J connectivity index is 1.68. The van der Waals surface area contributed by atoms with E-state index in [1.165, 1.54) is 6.07 Å². The summed E-state index contributed by atoms with van der Waals surface area (Å²) in [5, 5.41) is 6.10. The van der Waals surface area contributed by atoms with Gasteiger partial charge in [-0.2, -0.15) is 0 Å². The van der Waals surface area contributed by atoms with Gasteiger partial charge in [0, 0.05) is 5.69 Å². The highest BCUT2D eigenvalue weighted by Crippen LogP contribution is 2.46. The maximum Gasteiger partial charge on any atom is 0.313 e. The number of rotatable bonds is 4. The molecule has 2 aromatic carbocycles. The predicted octanol–water partition coefficient (Wildman–Crippen LogP) is 4.45. The first-order valence-corrected chi connectivity index (χ1v) is 8.83. The van der Waals surface area contributed by atoms with Gasteiger partial charge in [0.1, 0.15) is 0 Å².